The molecule has 1 fully saturated rings. The summed E-state index contributed by atoms with van der Waals surface area (Å²) in [5.41, 5.74) is 2.63. The third kappa shape index (κ3) is 5.25. The maximum absolute atomic E-state index is 13.2. The lowest BCUT2D eigenvalue weighted by molar-refractivity contribution is -0.121. The fourth-order valence-corrected chi connectivity index (χ4v) is 5.14. The van der Waals surface area contributed by atoms with Crippen LogP contribution in [-0.2, 0) is 9.59 Å². The Balaban J connectivity index is 1.54. The number of para-hydroxylation sites is 1. The molecule has 0 aromatic heterocycles. The molecule has 7 heteroatoms. The van der Waals surface area contributed by atoms with E-state index in [4.69, 9.17) is 0 Å². The summed E-state index contributed by atoms with van der Waals surface area (Å²) >= 11 is 1.56. The summed E-state index contributed by atoms with van der Waals surface area (Å²) in [5.74, 6) is -0.277. The molecule has 3 amide bonds. The highest BCUT2D eigenvalue weighted by Gasteiger charge is 2.36. The lowest BCUT2D eigenvalue weighted by Gasteiger charge is -2.29. The van der Waals surface area contributed by atoms with Gasteiger partial charge in [-0.3, -0.25) is 19.3 Å². The molecule has 3 aromatic rings. The van der Waals surface area contributed by atoms with Crippen molar-refractivity contribution in [1.82, 2.24) is 5.32 Å². The zero-order valence-corrected chi connectivity index (χ0v) is 20.9. The molecule has 0 spiro atoms. The molecule has 1 saturated heterocycles. The van der Waals surface area contributed by atoms with Crippen LogP contribution in [0.4, 0.5) is 11.4 Å². The van der Waals surface area contributed by atoms with E-state index in [2.05, 4.69) is 10.6 Å². The van der Waals surface area contributed by atoms with Gasteiger partial charge < -0.3 is 10.6 Å². The van der Waals surface area contributed by atoms with E-state index in [1.165, 1.54) is 0 Å². The van der Waals surface area contributed by atoms with Crippen LogP contribution >= 0.6 is 11.8 Å². The van der Waals surface area contributed by atoms with E-state index in [1.54, 1.807) is 41.8 Å². The summed E-state index contributed by atoms with van der Waals surface area (Å²) < 4.78 is 0. The molecule has 0 radical (unpaired) electrons. The number of carbonyl (C=O) groups is 3. The molecule has 6 nitrogen and oxygen atoms in total. The van der Waals surface area contributed by atoms with Gasteiger partial charge in [0.25, 0.3) is 5.91 Å². The Kier molecular flexibility index (Phi) is 7.26. The predicted octanol–water partition coefficient (Wildman–Crippen LogP) is 5.31. The number of rotatable bonds is 7. The number of nitrogens with zero attached hydrogens (tertiary/aromatic N) is 1. The quantitative estimate of drug-likeness (QED) is 0.473. The van der Waals surface area contributed by atoms with Gasteiger partial charge >= 0.3 is 0 Å². The molecule has 2 N–H and O–H groups in total. The van der Waals surface area contributed by atoms with Crippen molar-refractivity contribution in [3.8, 4) is 0 Å². The van der Waals surface area contributed by atoms with E-state index >= 15 is 0 Å². The first-order valence-electron chi connectivity index (χ1n) is 11.6. The third-order valence-corrected chi connectivity index (χ3v) is 7.54. The number of aryl methyl sites for hydroxylation is 1. The first-order chi connectivity index (χ1) is 16.8. The zero-order chi connectivity index (χ0) is 25.0. The van der Waals surface area contributed by atoms with Crippen molar-refractivity contribution >= 4 is 40.9 Å². The second-order valence-electron chi connectivity index (χ2n) is 8.80. The van der Waals surface area contributed by atoms with Crippen molar-refractivity contribution in [2.24, 2.45) is 0 Å². The average Bonchev–Trinajstić information content (AvgIpc) is 3.27. The minimum atomic E-state index is -1.11. The molecule has 0 aliphatic carbocycles. The second kappa shape index (κ2) is 10.4. The standard InChI is InChI=1S/C28H29N3O3S/c1-4-28(3,27(34)29-23-16-9-8-11-19(23)2)30-25(33)21-14-10-15-22(17-21)31-24(32)18-35-26(31)20-12-6-5-7-13-20/h5-17,26H,4,18H2,1-3H3,(H,29,34)(H,30,33)/t26-,28+/m1/s1. The maximum atomic E-state index is 13.2. The molecule has 0 bridgehead atoms. The molecular formula is C28H29N3O3S. The monoisotopic (exact) mass is 487 g/mol. The van der Waals surface area contributed by atoms with Crippen molar-refractivity contribution in [1.29, 1.82) is 0 Å². The van der Waals surface area contributed by atoms with Crippen LogP contribution in [0.3, 0.4) is 0 Å². The maximum Gasteiger partial charge on any atom is 0.252 e. The van der Waals surface area contributed by atoms with Gasteiger partial charge in [-0.05, 0) is 55.7 Å². The number of carbonyl (C=O) groups excluding carboxylic acids is 3. The van der Waals surface area contributed by atoms with Gasteiger partial charge in [-0.15, -0.1) is 11.8 Å². The van der Waals surface area contributed by atoms with E-state index in [0.717, 1.165) is 11.1 Å². The van der Waals surface area contributed by atoms with E-state index in [0.29, 0.717) is 29.1 Å². The number of thioether (sulfide) groups is 1. The van der Waals surface area contributed by atoms with Crippen LogP contribution in [0, 0.1) is 6.92 Å². The van der Waals surface area contributed by atoms with Crippen LogP contribution in [0.25, 0.3) is 0 Å². The first-order valence-corrected chi connectivity index (χ1v) is 12.7. The molecule has 4 rings (SSSR count). The third-order valence-electron chi connectivity index (χ3n) is 6.33. The summed E-state index contributed by atoms with van der Waals surface area (Å²) in [6.07, 6.45) is 0.410. The summed E-state index contributed by atoms with van der Waals surface area (Å²) in [7, 11) is 0. The topological polar surface area (TPSA) is 78.5 Å². The highest BCUT2D eigenvalue weighted by atomic mass is 32.2. The Morgan fingerprint density at radius 2 is 1.74 bits per heavy atom. The van der Waals surface area contributed by atoms with Crippen LogP contribution in [-0.4, -0.2) is 29.0 Å². The number of anilines is 2. The van der Waals surface area contributed by atoms with Crippen LogP contribution in [0.15, 0.2) is 78.9 Å². The number of benzene rings is 3. The SMILES string of the molecule is CC[C@](C)(NC(=O)c1cccc(N2C(=O)CS[C@@H]2c2ccccc2)c1)C(=O)Nc1ccccc1C. The molecule has 1 aliphatic heterocycles. The van der Waals surface area contributed by atoms with Crippen molar-refractivity contribution in [2.75, 3.05) is 16.0 Å². The molecular weight excluding hydrogens is 458 g/mol. The smallest absolute Gasteiger partial charge is 0.252 e. The summed E-state index contributed by atoms with van der Waals surface area (Å²) in [5, 5.41) is 5.70. The summed E-state index contributed by atoms with van der Waals surface area (Å²) in [6, 6.07) is 24.4. The van der Waals surface area contributed by atoms with Crippen molar-refractivity contribution in [3.05, 3.63) is 95.6 Å². The number of hydrogen-bond donors (Lipinski definition) is 2. The molecule has 1 aliphatic rings. The van der Waals surface area contributed by atoms with Crippen LogP contribution in [0.2, 0.25) is 0 Å². The van der Waals surface area contributed by atoms with Gasteiger partial charge in [0.05, 0.1) is 5.75 Å². The normalized spacial score (nSPS) is 17.1. The molecule has 0 saturated carbocycles. The van der Waals surface area contributed by atoms with Gasteiger partial charge in [0, 0.05) is 16.9 Å². The van der Waals surface area contributed by atoms with Crippen molar-refractivity contribution < 1.29 is 14.4 Å². The Bertz CT molecular complexity index is 1250. The van der Waals surface area contributed by atoms with Gasteiger partial charge in [-0.1, -0.05) is 61.5 Å². The van der Waals surface area contributed by atoms with Crippen LogP contribution < -0.4 is 15.5 Å². The zero-order valence-electron chi connectivity index (χ0n) is 20.1. The lowest BCUT2D eigenvalue weighted by atomic mass is 9.96. The molecule has 0 unspecified atom stereocenters. The Morgan fingerprint density at radius 3 is 2.46 bits per heavy atom. The fraction of sp³-hybridized carbons (Fsp3) is 0.250. The first kappa shape index (κ1) is 24.5. The van der Waals surface area contributed by atoms with Crippen LogP contribution in [0.1, 0.15) is 47.1 Å². The van der Waals surface area contributed by atoms with E-state index in [9.17, 15) is 14.4 Å². The molecule has 2 atom stereocenters. The number of amides is 3. The minimum Gasteiger partial charge on any atom is -0.338 e. The van der Waals surface area contributed by atoms with Crippen molar-refractivity contribution in [3.63, 3.8) is 0 Å². The van der Waals surface area contributed by atoms with Gasteiger partial charge in [0.2, 0.25) is 11.8 Å². The van der Waals surface area contributed by atoms with Gasteiger partial charge in [-0.2, -0.15) is 0 Å². The van der Waals surface area contributed by atoms with Gasteiger partial charge in [0.15, 0.2) is 0 Å². The Morgan fingerprint density at radius 1 is 1.03 bits per heavy atom. The van der Waals surface area contributed by atoms with Crippen LogP contribution in [0.5, 0.6) is 0 Å². The van der Waals surface area contributed by atoms with Crippen molar-refractivity contribution in [2.45, 2.75) is 38.1 Å². The fourth-order valence-electron chi connectivity index (χ4n) is 3.97. The Labute approximate surface area is 210 Å². The lowest BCUT2D eigenvalue weighted by Crippen LogP contribution is -2.54. The molecule has 1 heterocycles. The average molecular weight is 488 g/mol. The molecule has 35 heavy (non-hydrogen) atoms. The number of hydrogen-bond acceptors (Lipinski definition) is 4. The predicted molar refractivity (Wildman–Crippen MR) is 142 cm³/mol. The van der Waals surface area contributed by atoms with E-state index in [1.807, 2.05) is 74.5 Å². The van der Waals surface area contributed by atoms with E-state index in [-0.39, 0.29) is 23.1 Å². The highest BCUT2D eigenvalue weighted by Crippen LogP contribution is 2.41. The summed E-state index contributed by atoms with van der Waals surface area (Å²) in [6.45, 7) is 5.50. The minimum absolute atomic E-state index is 0.00239. The summed E-state index contributed by atoms with van der Waals surface area (Å²) in [4.78, 5) is 40.9. The Hall–Kier alpha value is -3.58. The largest absolute Gasteiger partial charge is 0.338 e. The van der Waals surface area contributed by atoms with E-state index < -0.39 is 5.54 Å². The highest BCUT2D eigenvalue weighted by molar-refractivity contribution is 8.00. The van der Waals surface area contributed by atoms with Gasteiger partial charge in [0.1, 0.15) is 10.9 Å². The number of nitrogens with one attached hydrogen (secondary N) is 2. The molecule has 3 aromatic carbocycles. The second-order valence-corrected chi connectivity index (χ2v) is 9.87. The molecule has 180 valence electrons. The van der Waals surface area contributed by atoms with Gasteiger partial charge in [-0.25, -0.2) is 0 Å².